The molecular formula is C21H33N5O3S. The van der Waals surface area contributed by atoms with E-state index in [0.29, 0.717) is 31.2 Å². The SMILES string of the molecule is CS(=O)(=O)c1cnc(N2CCCC2)nc1C1CCN(C(=O)CCN2CCCC2)CC1. The van der Waals surface area contributed by atoms with Gasteiger partial charge in [-0.15, -0.1) is 0 Å². The molecule has 1 amide bonds. The molecule has 0 saturated carbocycles. The smallest absolute Gasteiger partial charge is 0.225 e. The van der Waals surface area contributed by atoms with E-state index in [0.717, 1.165) is 58.4 Å². The van der Waals surface area contributed by atoms with Gasteiger partial charge in [0.2, 0.25) is 11.9 Å². The molecule has 166 valence electrons. The fourth-order valence-corrected chi connectivity index (χ4v) is 5.68. The molecule has 4 heterocycles. The monoisotopic (exact) mass is 435 g/mol. The predicted octanol–water partition coefficient (Wildman–Crippen LogP) is 1.67. The Morgan fingerprint density at radius 2 is 1.67 bits per heavy atom. The van der Waals surface area contributed by atoms with E-state index in [1.807, 2.05) is 4.90 Å². The molecule has 0 radical (unpaired) electrons. The number of sulfone groups is 1. The summed E-state index contributed by atoms with van der Waals surface area (Å²) in [4.78, 5) is 28.4. The van der Waals surface area contributed by atoms with E-state index in [2.05, 4.69) is 14.8 Å². The zero-order chi connectivity index (χ0) is 21.1. The molecule has 0 aromatic carbocycles. The van der Waals surface area contributed by atoms with E-state index in [9.17, 15) is 13.2 Å². The molecule has 0 aliphatic carbocycles. The molecule has 1 aromatic rings. The second-order valence-corrected chi connectivity index (χ2v) is 10.8. The number of piperidine rings is 1. The number of rotatable bonds is 6. The fraction of sp³-hybridized carbons (Fsp3) is 0.762. The molecule has 1 aromatic heterocycles. The predicted molar refractivity (Wildman–Crippen MR) is 115 cm³/mol. The second-order valence-electron chi connectivity index (χ2n) is 8.84. The number of hydrogen-bond acceptors (Lipinski definition) is 7. The molecule has 4 rings (SSSR count). The molecular weight excluding hydrogens is 402 g/mol. The molecule has 3 fully saturated rings. The maximum Gasteiger partial charge on any atom is 0.225 e. The first kappa shape index (κ1) is 21.5. The van der Waals surface area contributed by atoms with Crippen LogP contribution in [-0.2, 0) is 14.6 Å². The van der Waals surface area contributed by atoms with Gasteiger partial charge in [0.1, 0.15) is 4.90 Å². The van der Waals surface area contributed by atoms with Crippen LogP contribution in [0.3, 0.4) is 0 Å². The Hall–Kier alpha value is -1.74. The highest BCUT2D eigenvalue weighted by molar-refractivity contribution is 7.90. The van der Waals surface area contributed by atoms with Gasteiger partial charge in [-0.3, -0.25) is 4.79 Å². The van der Waals surface area contributed by atoms with Crippen LogP contribution in [0.25, 0.3) is 0 Å². The summed E-state index contributed by atoms with van der Waals surface area (Å²) in [5.41, 5.74) is 0.638. The van der Waals surface area contributed by atoms with Gasteiger partial charge in [-0.2, -0.15) is 0 Å². The van der Waals surface area contributed by atoms with Crippen molar-refractivity contribution in [2.24, 2.45) is 0 Å². The molecule has 8 nitrogen and oxygen atoms in total. The van der Waals surface area contributed by atoms with Crippen LogP contribution in [0.15, 0.2) is 11.1 Å². The van der Waals surface area contributed by atoms with Gasteiger partial charge in [-0.1, -0.05) is 0 Å². The summed E-state index contributed by atoms with van der Waals surface area (Å²) in [5.74, 6) is 0.893. The van der Waals surface area contributed by atoms with E-state index < -0.39 is 9.84 Å². The van der Waals surface area contributed by atoms with Crippen molar-refractivity contribution in [2.75, 3.05) is 57.0 Å². The number of carbonyl (C=O) groups is 1. The average Bonchev–Trinajstić information content (AvgIpc) is 3.45. The number of aromatic nitrogens is 2. The maximum absolute atomic E-state index is 12.6. The molecule has 0 N–H and O–H groups in total. The van der Waals surface area contributed by atoms with Crippen molar-refractivity contribution < 1.29 is 13.2 Å². The first-order chi connectivity index (χ1) is 14.4. The average molecular weight is 436 g/mol. The lowest BCUT2D eigenvalue weighted by Gasteiger charge is -2.33. The van der Waals surface area contributed by atoms with Gasteiger partial charge in [0.15, 0.2) is 9.84 Å². The van der Waals surface area contributed by atoms with Crippen LogP contribution < -0.4 is 4.90 Å². The van der Waals surface area contributed by atoms with Crippen molar-refractivity contribution in [2.45, 2.75) is 55.8 Å². The number of likely N-dealkylation sites (tertiary alicyclic amines) is 2. The Morgan fingerprint density at radius 1 is 1.03 bits per heavy atom. The van der Waals surface area contributed by atoms with Crippen LogP contribution in [0.2, 0.25) is 0 Å². The summed E-state index contributed by atoms with van der Waals surface area (Å²) in [5, 5.41) is 0. The lowest BCUT2D eigenvalue weighted by molar-refractivity contribution is -0.132. The van der Waals surface area contributed by atoms with E-state index in [1.54, 1.807) is 0 Å². The molecule has 3 aliphatic rings. The summed E-state index contributed by atoms with van der Waals surface area (Å²) >= 11 is 0. The third kappa shape index (κ3) is 4.94. The molecule has 0 atom stereocenters. The van der Waals surface area contributed by atoms with Crippen LogP contribution in [0.5, 0.6) is 0 Å². The summed E-state index contributed by atoms with van der Waals surface area (Å²) in [6, 6.07) is 0. The van der Waals surface area contributed by atoms with Gasteiger partial charge in [0.05, 0.1) is 11.9 Å². The quantitative estimate of drug-likeness (QED) is 0.672. The van der Waals surface area contributed by atoms with Gasteiger partial charge < -0.3 is 14.7 Å². The topological polar surface area (TPSA) is 86.7 Å². The minimum atomic E-state index is -3.40. The highest BCUT2D eigenvalue weighted by Crippen LogP contribution is 2.32. The minimum Gasteiger partial charge on any atom is -0.343 e. The zero-order valence-electron chi connectivity index (χ0n) is 17.9. The van der Waals surface area contributed by atoms with Crippen LogP contribution in [-0.4, -0.2) is 86.2 Å². The van der Waals surface area contributed by atoms with Gasteiger partial charge in [0, 0.05) is 51.3 Å². The van der Waals surface area contributed by atoms with Crippen molar-refractivity contribution in [1.29, 1.82) is 0 Å². The first-order valence-electron chi connectivity index (χ1n) is 11.2. The van der Waals surface area contributed by atoms with Crippen molar-refractivity contribution >= 4 is 21.7 Å². The number of nitrogens with zero attached hydrogens (tertiary/aromatic N) is 5. The standard InChI is InChI=1S/C21H33N5O3S/c1-30(28,29)18-16-22-21(26-11-4-5-12-26)23-20(18)17-6-14-25(15-7-17)19(27)8-13-24-9-2-3-10-24/h16-17H,2-15H2,1H3. The Kier molecular flexibility index (Phi) is 6.57. The van der Waals surface area contributed by atoms with Crippen molar-refractivity contribution in [3.63, 3.8) is 0 Å². The zero-order valence-corrected chi connectivity index (χ0v) is 18.7. The van der Waals surface area contributed by atoms with E-state index in [-0.39, 0.29) is 16.7 Å². The summed E-state index contributed by atoms with van der Waals surface area (Å²) < 4.78 is 24.7. The maximum atomic E-state index is 12.6. The number of amides is 1. The van der Waals surface area contributed by atoms with E-state index in [4.69, 9.17) is 4.98 Å². The van der Waals surface area contributed by atoms with Crippen LogP contribution >= 0.6 is 0 Å². The van der Waals surface area contributed by atoms with Crippen LogP contribution in [0.1, 0.15) is 56.6 Å². The van der Waals surface area contributed by atoms with Crippen molar-refractivity contribution in [1.82, 2.24) is 19.8 Å². The van der Waals surface area contributed by atoms with Gasteiger partial charge in [0.25, 0.3) is 0 Å². The Labute approximate surface area is 179 Å². The van der Waals surface area contributed by atoms with Crippen LogP contribution in [0, 0.1) is 0 Å². The second kappa shape index (κ2) is 9.18. The van der Waals surface area contributed by atoms with Gasteiger partial charge >= 0.3 is 0 Å². The fourth-order valence-electron chi connectivity index (χ4n) is 4.84. The van der Waals surface area contributed by atoms with Crippen molar-refractivity contribution in [3.8, 4) is 0 Å². The Morgan fingerprint density at radius 3 is 2.30 bits per heavy atom. The normalized spacial score (nSPS) is 21.5. The molecule has 3 saturated heterocycles. The van der Waals surface area contributed by atoms with Crippen molar-refractivity contribution in [3.05, 3.63) is 11.9 Å². The number of hydrogen-bond donors (Lipinski definition) is 0. The van der Waals surface area contributed by atoms with Gasteiger partial charge in [-0.25, -0.2) is 18.4 Å². The number of carbonyl (C=O) groups excluding carboxylic acids is 1. The highest BCUT2D eigenvalue weighted by atomic mass is 32.2. The largest absolute Gasteiger partial charge is 0.343 e. The first-order valence-corrected chi connectivity index (χ1v) is 13.1. The number of anilines is 1. The molecule has 0 bridgehead atoms. The van der Waals surface area contributed by atoms with Gasteiger partial charge in [-0.05, 0) is 51.6 Å². The van der Waals surface area contributed by atoms with E-state index >= 15 is 0 Å². The molecule has 0 unspecified atom stereocenters. The summed E-state index contributed by atoms with van der Waals surface area (Å²) in [6.45, 7) is 6.23. The third-order valence-corrected chi connectivity index (χ3v) is 7.75. The summed E-state index contributed by atoms with van der Waals surface area (Å²) in [6.07, 6.45) is 9.48. The van der Waals surface area contributed by atoms with E-state index in [1.165, 1.54) is 25.3 Å². The molecule has 30 heavy (non-hydrogen) atoms. The Bertz CT molecular complexity index is 855. The minimum absolute atomic E-state index is 0.0433. The highest BCUT2D eigenvalue weighted by Gasteiger charge is 2.30. The summed E-state index contributed by atoms with van der Waals surface area (Å²) in [7, 11) is -3.40. The van der Waals surface area contributed by atoms with Crippen LogP contribution in [0.4, 0.5) is 5.95 Å². The molecule has 9 heteroatoms. The molecule has 3 aliphatic heterocycles. The Balaban J connectivity index is 1.42. The lowest BCUT2D eigenvalue weighted by atomic mass is 9.93. The lowest BCUT2D eigenvalue weighted by Crippen LogP contribution is -2.39. The third-order valence-electron chi connectivity index (χ3n) is 6.63. The molecule has 0 spiro atoms.